The molecule has 3 N–H and O–H groups in total. The number of hydrogen-bond acceptors (Lipinski definition) is 5. The summed E-state index contributed by atoms with van der Waals surface area (Å²) in [5.74, 6) is -2.74. The molecule has 2 unspecified atom stereocenters. The second-order valence-electron chi connectivity index (χ2n) is 3.14. The summed E-state index contributed by atoms with van der Waals surface area (Å²) in [7, 11) is -7.16. The van der Waals surface area contributed by atoms with E-state index in [9.17, 15) is 14.2 Å². The van der Waals surface area contributed by atoms with Crippen LogP contribution in [0.5, 0.6) is 0 Å². The smallest absolute Gasteiger partial charge is 0.323 e. The Labute approximate surface area is 104 Å². The Hall–Kier alpha value is -0.780. The van der Waals surface area contributed by atoms with Crippen LogP contribution < -0.4 is 0 Å². The van der Waals surface area contributed by atoms with E-state index in [-0.39, 0.29) is 5.56 Å². The number of aliphatic hydroxyl groups is 1. The summed E-state index contributed by atoms with van der Waals surface area (Å²) in [5.41, 5.74) is 0.627. The Balaban J connectivity index is 3.11. The maximum absolute atomic E-state index is 10.6. The lowest BCUT2D eigenvalue weighted by molar-refractivity contribution is -0.284. The number of hydrogen-bond donors (Lipinski definition) is 3. The highest BCUT2D eigenvalue weighted by atomic mass is 31.1. The van der Waals surface area contributed by atoms with Gasteiger partial charge in [0.1, 0.15) is 0 Å². The third-order valence-corrected chi connectivity index (χ3v) is 2.87. The molecule has 1 aromatic rings. The van der Waals surface area contributed by atoms with E-state index in [4.69, 9.17) is 9.79 Å². The van der Waals surface area contributed by atoms with Crippen molar-refractivity contribution in [3.05, 3.63) is 42.0 Å². The van der Waals surface area contributed by atoms with E-state index in [0.717, 1.165) is 5.56 Å². The zero-order valence-electron chi connectivity index (χ0n) is 9.07. The van der Waals surface area contributed by atoms with Crippen LogP contribution in [0.4, 0.5) is 0 Å². The molecule has 0 bridgehead atoms. The van der Waals surface area contributed by atoms with Gasteiger partial charge in [-0.1, -0.05) is 36.9 Å². The summed E-state index contributed by atoms with van der Waals surface area (Å²) < 4.78 is 29.8. The van der Waals surface area contributed by atoms with Gasteiger partial charge >= 0.3 is 22.5 Å². The van der Waals surface area contributed by atoms with Crippen molar-refractivity contribution in [3.63, 3.8) is 0 Å². The first kappa shape index (κ1) is 15.3. The standard InChI is InChI=1S/C9H12O7P2/c1-2-7-3-5-8(6-4-7)9(10,15-17(11)12)16-18(13)14/h2-6,10,17-18H,1H2,(H,11,12)(H,13,14). The van der Waals surface area contributed by atoms with E-state index in [1.165, 1.54) is 30.3 Å². The summed E-state index contributed by atoms with van der Waals surface area (Å²) in [6.07, 6.45) is 1.54. The van der Waals surface area contributed by atoms with Gasteiger partial charge in [0.05, 0.1) is 0 Å². The predicted octanol–water partition coefficient (Wildman–Crippen LogP) is 1.23. The van der Waals surface area contributed by atoms with Gasteiger partial charge in [0, 0.05) is 5.56 Å². The molecule has 2 atom stereocenters. The van der Waals surface area contributed by atoms with Crippen molar-refractivity contribution in [1.82, 2.24) is 0 Å². The number of benzene rings is 1. The maximum Gasteiger partial charge on any atom is 0.323 e. The van der Waals surface area contributed by atoms with Crippen molar-refractivity contribution < 1.29 is 33.1 Å². The monoisotopic (exact) mass is 294 g/mol. The van der Waals surface area contributed by atoms with Gasteiger partial charge in [-0.2, -0.15) is 0 Å². The molecule has 0 aromatic heterocycles. The highest BCUT2D eigenvalue weighted by Gasteiger charge is 2.36. The van der Waals surface area contributed by atoms with Crippen LogP contribution in [0.3, 0.4) is 0 Å². The van der Waals surface area contributed by atoms with Crippen LogP contribution in [0.25, 0.3) is 6.08 Å². The summed E-state index contributed by atoms with van der Waals surface area (Å²) in [5, 5.41) is 9.85. The minimum Gasteiger partial charge on any atom is -0.339 e. The molecule has 0 amide bonds. The zero-order valence-corrected chi connectivity index (χ0v) is 11.1. The molecule has 0 saturated carbocycles. The molecular formula is C9H12O7P2. The quantitative estimate of drug-likeness (QED) is 0.534. The third-order valence-electron chi connectivity index (χ3n) is 1.96. The second-order valence-corrected chi connectivity index (χ2v) is 4.62. The first-order valence-electron chi connectivity index (χ1n) is 4.66. The zero-order chi connectivity index (χ0) is 13.8. The molecular weight excluding hydrogens is 282 g/mol. The van der Waals surface area contributed by atoms with Crippen LogP contribution in [-0.2, 0) is 24.2 Å². The summed E-state index contributed by atoms with van der Waals surface area (Å²) >= 11 is 0. The van der Waals surface area contributed by atoms with Gasteiger partial charge in [-0.05, 0) is 5.56 Å². The molecule has 0 aliphatic heterocycles. The first-order valence-corrected chi connectivity index (χ1v) is 7.19. The van der Waals surface area contributed by atoms with Crippen LogP contribution >= 0.6 is 16.5 Å². The largest absolute Gasteiger partial charge is 0.339 e. The van der Waals surface area contributed by atoms with E-state index < -0.39 is 22.5 Å². The maximum atomic E-state index is 10.6. The minimum atomic E-state index is -3.58. The molecule has 0 fully saturated rings. The van der Waals surface area contributed by atoms with Crippen LogP contribution in [-0.4, -0.2) is 14.9 Å². The molecule has 9 heteroatoms. The van der Waals surface area contributed by atoms with E-state index in [1.54, 1.807) is 0 Å². The second kappa shape index (κ2) is 6.41. The number of rotatable bonds is 6. The molecule has 0 aliphatic carbocycles. The third kappa shape index (κ3) is 4.15. The Morgan fingerprint density at radius 3 is 1.89 bits per heavy atom. The molecule has 18 heavy (non-hydrogen) atoms. The summed E-state index contributed by atoms with van der Waals surface area (Å²) in [4.78, 5) is 17.3. The summed E-state index contributed by atoms with van der Waals surface area (Å²) in [6.45, 7) is 3.52. The fourth-order valence-electron chi connectivity index (χ4n) is 1.21. The van der Waals surface area contributed by atoms with Crippen LogP contribution in [0.15, 0.2) is 30.8 Å². The van der Waals surface area contributed by atoms with Gasteiger partial charge in [-0.25, -0.2) is 9.05 Å². The van der Waals surface area contributed by atoms with Gasteiger partial charge < -0.3 is 14.9 Å². The molecule has 1 rings (SSSR count). The van der Waals surface area contributed by atoms with Crippen molar-refractivity contribution in [1.29, 1.82) is 0 Å². The van der Waals surface area contributed by atoms with Gasteiger partial charge in [-0.3, -0.25) is 9.13 Å². The minimum absolute atomic E-state index is 0.0899. The Kier molecular flexibility index (Phi) is 5.44. The molecule has 0 saturated heterocycles. The van der Waals surface area contributed by atoms with Gasteiger partial charge in [0.2, 0.25) is 0 Å². The molecule has 100 valence electrons. The molecule has 0 heterocycles. The van der Waals surface area contributed by atoms with Crippen molar-refractivity contribution in [2.45, 2.75) is 5.97 Å². The topological polar surface area (TPSA) is 113 Å². The average molecular weight is 294 g/mol. The van der Waals surface area contributed by atoms with Crippen molar-refractivity contribution in [3.8, 4) is 0 Å². The molecule has 1 aromatic carbocycles. The lowest BCUT2D eigenvalue weighted by atomic mass is 10.1. The molecule has 0 spiro atoms. The van der Waals surface area contributed by atoms with E-state index in [0.29, 0.717) is 0 Å². The normalized spacial score (nSPS) is 17.7. The molecule has 7 nitrogen and oxygen atoms in total. The van der Waals surface area contributed by atoms with E-state index >= 15 is 0 Å². The van der Waals surface area contributed by atoms with E-state index in [1.807, 2.05) is 0 Å². The van der Waals surface area contributed by atoms with Gasteiger partial charge in [0.25, 0.3) is 0 Å². The molecule has 0 aliphatic rings. The lowest BCUT2D eigenvalue weighted by Gasteiger charge is -2.25. The molecule has 0 radical (unpaired) electrons. The Morgan fingerprint density at radius 1 is 1.11 bits per heavy atom. The van der Waals surface area contributed by atoms with Crippen molar-refractivity contribution >= 4 is 22.6 Å². The lowest BCUT2D eigenvalue weighted by Crippen LogP contribution is -2.28. The van der Waals surface area contributed by atoms with Gasteiger partial charge in [0.15, 0.2) is 0 Å². The summed E-state index contributed by atoms with van der Waals surface area (Å²) in [6, 6.07) is 5.66. The highest BCUT2D eigenvalue weighted by molar-refractivity contribution is 7.32. The van der Waals surface area contributed by atoms with Crippen molar-refractivity contribution in [2.24, 2.45) is 0 Å². The van der Waals surface area contributed by atoms with Crippen LogP contribution in [0.2, 0.25) is 0 Å². The van der Waals surface area contributed by atoms with Crippen LogP contribution in [0, 0.1) is 0 Å². The first-order chi connectivity index (χ1) is 8.37. The fraction of sp³-hybridized carbons (Fsp3) is 0.111. The van der Waals surface area contributed by atoms with E-state index in [2.05, 4.69) is 15.6 Å². The average Bonchev–Trinajstić information content (AvgIpc) is 2.27. The Morgan fingerprint density at radius 2 is 1.56 bits per heavy atom. The van der Waals surface area contributed by atoms with Gasteiger partial charge in [-0.15, -0.1) is 0 Å². The SMILES string of the molecule is C=Cc1ccc(C(O)(O[PH](=O)O)O[PH](=O)O)cc1. The Bertz CT molecular complexity index is 454. The fourth-order valence-corrected chi connectivity index (χ4v) is 2.08. The van der Waals surface area contributed by atoms with Crippen LogP contribution in [0.1, 0.15) is 11.1 Å². The van der Waals surface area contributed by atoms with Crippen molar-refractivity contribution in [2.75, 3.05) is 0 Å². The highest BCUT2D eigenvalue weighted by Crippen LogP contribution is 2.39. The predicted molar refractivity (Wildman–Crippen MR) is 65.0 cm³/mol.